The summed E-state index contributed by atoms with van der Waals surface area (Å²) in [7, 11) is 0. The Bertz CT molecular complexity index is 954. The number of hydrogen-bond acceptors (Lipinski definition) is 2. The average molecular weight is 538 g/mol. The van der Waals surface area contributed by atoms with Crippen LogP contribution in [0, 0.1) is 6.92 Å². The second kappa shape index (κ2) is 12.6. The molecule has 0 amide bonds. The third kappa shape index (κ3) is 7.65. The lowest BCUT2D eigenvalue weighted by Crippen LogP contribution is -2.38. The summed E-state index contributed by atoms with van der Waals surface area (Å²) in [6, 6.07) is 16.5. The molecule has 160 valence electrons. The van der Waals surface area contributed by atoms with Crippen LogP contribution >= 0.6 is 35.6 Å². The van der Waals surface area contributed by atoms with Crippen LogP contribution in [0.5, 0.6) is 0 Å². The highest BCUT2D eigenvalue weighted by molar-refractivity contribution is 14.0. The van der Waals surface area contributed by atoms with Gasteiger partial charge in [-0.05, 0) is 49.1 Å². The Balaban J connectivity index is 0.00000320. The number of guanidine groups is 1. The van der Waals surface area contributed by atoms with Crippen molar-refractivity contribution in [2.24, 2.45) is 4.99 Å². The molecule has 0 bridgehead atoms. The average Bonchev–Trinajstić information content (AvgIpc) is 3.11. The molecule has 0 aliphatic carbocycles. The second-order valence-electron chi connectivity index (χ2n) is 6.92. The minimum Gasteiger partial charge on any atom is -0.357 e. The molecule has 2 aromatic carbocycles. The molecule has 0 saturated carbocycles. The van der Waals surface area contributed by atoms with Crippen molar-refractivity contribution in [3.05, 3.63) is 88.5 Å². The van der Waals surface area contributed by atoms with E-state index >= 15 is 0 Å². The minimum atomic E-state index is 0. The van der Waals surface area contributed by atoms with Gasteiger partial charge in [-0.15, -0.1) is 24.0 Å². The zero-order valence-electron chi connectivity index (χ0n) is 17.4. The molecule has 3 rings (SSSR count). The summed E-state index contributed by atoms with van der Waals surface area (Å²) in [4.78, 5) is 9.03. The van der Waals surface area contributed by atoms with Gasteiger partial charge in [-0.1, -0.05) is 48.0 Å². The van der Waals surface area contributed by atoms with Crippen molar-refractivity contribution >= 4 is 41.5 Å². The van der Waals surface area contributed by atoms with E-state index < -0.39 is 0 Å². The van der Waals surface area contributed by atoms with Crippen LogP contribution in [0.3, 0.4) is 0 Å². The monoisotopic (exact) mass is 537 g/mol. The number of imidazole rings is 1. The maximum absolute atomic E-state index is 6.06. The van der Waals surface area contributed by atoms with Gasteiger partial charge in [0.05, 0.1) is 6.54 Å². The van der Waals surface area contributed by atoms with Crippen molar-refractivity contribution in [1.82, 2.24) is 20.2 Å². The van der Waals surface area contributed by atoms with Gasteiger partial charge in [0.2, 0.25) is 0 Å². The topological polar surface area (TPSA) is 54.2 Å². The number of hydrogen-bond donors (Lipinski definition) is 2. The summed E-state index contributed by atoms with van der Waals surface area (Å²) in [6.45, 7) is 7.16. The van der Waals surface area contributed by atoms with Crippen LogP contribution in [-0.4, -0.2) is 28.6 Å². The van der Waals surface area contributed by atoms with Crippen molar-refractivity contribution in [3.63, 3.8) is 0 Å². The SMILES string of the molecule is CCNC(=NCc1cccc(Cn2ccnc2C)c1)NCCc1cccc(Cl)c1.I. The van der Waals surface area contributed by atoms with Gasteiger partial charge in [-0.2, -0.15) is 0 Å². The number of aryl methyl sites for hydroxylation is 1. The third-order valence-electron chi connectivity index (χ3n) is 4.63. The molecule has 0 saturated heterocycles. The molecule has 0 aliphatic heterocycles. The van der Waals surface area contributed by atoms with Crippen molar-refractivity contribution in [2.45, 2.75) is 33.4 Å². The Labute approximate surface area is 201 Å². The molecule has 0 spiro atoms. The summed E-state index contributed by atoms with van der Waals surface area (Å²) >= 11 is 6.06. The lowest BCUT2D eigenvalue weighted by Gasteiger charge is -2.12. The fraction of sp³-hybridized carbons (Fsp3) is 0.304. The second-order valence-corrected chi connectivity index (χ2v) is 7.36. The minimum absolute atomic E-state index is 0. The number of aliphatic imine (C=N–C) groups is 1. The van der Waals surface area contributed by atoms with Gasteiger partial charge in [-0.25, -0.2) is 9.98 Å². The van der Waals surface area contributed by atoms with E-state index in [1.165, 1.54) is 16.7 Å². The number of halogens is 2. The zero-order chi connectivity index (χ0) is 20.5. The Kier molecular flexibility index (Phi) is 10.2. The normalized spacial score (nSPS) is 11.1. The van der Waals surface area contributed by atoms with Crippen molar-refractivity contribution in [2.75, 3.05) is 13.1 Å². The first kappa shape index (κ1) is 24.2. The highest BCUT2D eigenvalue weighted by Crippen LogP contribution is 2.11. The van der Waals surface area contributed by atoms with E-state index in [9.17, 15) is 0 Å². The van der Waals surface area contributed by atoms with Gasteiger partial charge in [0.25, 0.3) is 0 Å². The van der Waals surface area contributed by atoms with Crippen molar-refractivity contribution in [3.8, 4) is 0 Å². The Morgan fingerprint density at radius 3 is 2.57 bits per heavy atom. The standard InChI is InChI=1S/C23H28ClN5.HI/c1-3-25-23(27-11-10-19-6-5-9-22(24)15-19)28-16-20-7-4-8-21(14-20)17-29-13-12-26-18(29)2;/h4-9,12-15H,3,10-11,16-17H2,1-2H3,(H2,25,27,28);1H. The first-order chi connectivity index (χ1) is 14.1. The number of nitrogens with zero attached hydrogens (tertiary/aromatic N) is 3. The van der Waals surface area contributed by atoms with Crippen LogP contribution in [-0.2, 0) is 19.5 Å². The lowest BCUT2D eigenvalue weighted by molar-refractivity contribution is 0.760. The van der Waals surface area contributed by atoms with E-state index in [1.807, 2.05) is 37.5 Å². The predicted molar refractivity (Wildman–Crippen MR) is 136 cm³/mol. The molecule has 0 unspecified atom stereocenters. The van der Waals surface area contributed by atoms with Gasteiger partial charge in [-0.3, -0.25) is 0 Å². The fourth-order valence-electron chi connectivity index (χ4n) is 3.12. The smallest absolute Gasteiger partial charge is 0.191 e. The fourth-order valence-corrected chi connectivity index (χ4v) is 3.34. The first-order valence-electron chi connectivity index (χ1n) is 9.96. The largest absolute Gasteiger partial charge is 0.357 e. The van der Waals surface area contributed by atoms with Crippen LogP contribution in [0.25, 0.3) is 0 Å². The van der Waals surface area contributed by atoms with E-state index in [1.54, 1.807) is 0 Å². The molecule has 2 N–H and O–H groups in total. The molecule has 1 aromatic heterocycles. The van der Waals surface area contributed by atoms with E-state index in [4.69, 9.17) is 16.6 Å². The maximum atomic E-state index is 6.06. The van der Waals surface area contributed by atoms with Crippen LogP contribution in [0.4, 0.5) is 0 Å². The van der Waals surface area contributed by atoms with Gasteiger partial charge >= 0.3 is 0 Å². The number of nitrogens with one attached hydrogen (secondary N) is 2. The summed E-state index contributed by atoms with van der Waals surface area (Å²) in [5.74, 6) is 1.84. The van der Waals surface area contributed by atoms with E-state index in [0.717, 1.165) is 42.9 Å². The van der Waals surface area contributed by atoms with Crippen molar-refractivity contribution < 1.29 is 0 Å². The van der Waals surface area contributed by atoms with Gasteiger partial charge in [0.1, 0.15) is 5.82 Å². The van der Waals surface area contributed by atoms with Crippen LogP contribution < -0.4 is 10.6 Å². The molecular formula is C23H29ClIN5. The molecule has 1 heterocycles. The molecule has 5 nitrogen and oxygen atoms in total. The molecule has 0 atom stereocenters. The van der Waals surface area contributed by atoms with Gasteiger partial charge < -0.3 is 15.2 Å². The zero-order valence-corrected chi connectivity index (χ0v) is 20.5. The van der Waals surface area contributed by atoms with E-state index in [0.29, 0.717) is 6.54 Å². The summed E-state index contributed by atoms with van der Waals surface area (Å²) in [5, 5.41) is 7.48. The van der Waals surface area contributed by atoms with Crippen LogP contribution in [0.2, 0.25) is 5.02 Å². The first-order valence-corrected chi connectivity index (χ1v) is 10.3. The maximum Gasteiger partial charge on any atom is 0.191 e. The van der Waals surface area contributed by atoms with Gasteiger partial charge in [0, 0.05) is 37.1 Å². The highest BCUT2D eigenvalue weighted by Gasteiger charge is 2.02. The highest BCUT2D eigenvalue weighted by atomic mass is 127. The molecule has 3 aromatic rings. The van der Waals surface area contributed by atoms with Crippen molar-refractivity contribution in [1.29, 1.82) is 0 Å². The molecule has 0 aliphatic rings. The molecule has 0 radical (unpaired) electrons. The molecule has 30 heavy (non-hydrogen) atoms. The van der Waals surface area contributed by atoms with E-state index in [-0.39, 0.29) is 24.0 Å². The Morgan fingerprint density at radius 2 is 1.83 bits per heavy atom. The van der Waals surface area contributed by atoms with E-state index in [2.05, 4.69) is 57.4 Å². The quantitative estimate of drug-likeness (QED) is 0.246. The number of rotatable bonds is 8. The predicted octanol–water partition coefficient (Wildman–Crippen LogP) is 4.81. The summed E-state index contributed by atoms with van der Waals surface area (Å²) in [6.07, 6.45) is 4.74. The number of benzene rings is 2. The molecule has 0 fully saturated rings. The molecular weight excluding hydrogens is 509 g/mol. The Morgan fingerprint density at radius 1 is 1.07 bits per heavy atom. The summed E-state index contributed by atoms with van der Waals surface area (Å²) < 4.78 is 2.14. The number of aromatic nitrogens is 2. The van der Waals surface area contributed by atoms with Crippen LogP contribution in [0.15, 0.2) is 65.9 Å². The van der Waals surface area contributed by atoms with Gasteiger partial charge in [0.15, 0.2) is 5.96 Å². The molecule has 7 heteroatoms. The third-order valence-corrected chi connectivity index (χ3v) is 4.86. The Hall–Kier alpha value is -2.06. The lowest BCUT2D eigenvalue weighted by atomic mass is 10.1. The summed E-state index contributed by atoms with van der Waals surface area (Å²) in [5.41, 5.74) is 3.65. The van der Waals surface area contributed by atoms with Crippen LogP contribution in [0.1, 0.15) is 29.4 Å².